The minimum Gasteiger partial charge on any atom is -0.340 e. The van der Waals surface area contributed by atoms with E-state index in [1.807, 2.05) is 12.1 Å². The molecule has 0 saturated carbocycles. The van der Waals surface area contributed by atoms with Crippen molar-refractivity contribution < 1.29 is 4.84 Å². The highest BCUT2D eigenvalue weighted by Crippen LogP contribution is 2.19. The van der Waals surface area contributed by atoms with Gasteiger partial charge in [0.25, 0.3) is 5.56 Å². The summed E-state index contributed by atoms with van der Waals surface area (Å²) in [6.07, 6.45) is 2.72. The van der Waals surface area contributed by atoms with Crippen molar-refractivity contribution in [3.8, 4) is 0 Å². The van der Waals surface area contributed by atoms with E-state index < -0.39 is 0 Å². The molecular formula is C18H22N4O2. The number of aromatic amines is 1. The largest absolute Gasteiger partial charge is 0.340 e. The number of nitrogens with zero attached hydrogens (tertiary/aromatic N) is 2. The van der Waals surface area contributed by atoms with Gasteiger partial charge >= 0.3 is 0 Å². The Morgan fingerprint density at radius 3 is 2.88 bits per heavy atom. The number of para-hydroxylation sites is 1. The molecule has 6 nitrogen and oxygen atoms in total. The smallest absolute Gasteiger partial charge is 0.276 e. The molecular weight excluding hydrogens is 304 g/mol. The number of aromatic nitrogens is 3. The lowest BCUT2D eigenvalue weighted by Gasteiger charge is -2.07. The highest BCUT2D eigenvalue weighted by atomic mass is 16.6. The van der Waals surface area contributed by atoms with Gasteiger partial charge in [-0.2, -0.15) is 0 Å². The normalized spacial score (nSPS) is 11.3. The summed E-state index contributed by atoms with van der Waals surface area (Å²) in [5.41, 5.74) is 6.06. The Morgan fingerprint density at radius 2 is 2.12 bits per heavy atom. The summed E-state index contributed by atoms with van der Waals surface area (Å²) in [4.78, 5) is 25.2. The van der Waals surface area contributed by atoms with Crippen molar-refractivity contribution in [1.82, 2.24) is 14.5 Å². The van der Waals surface area contributed by atoms with Crippen molar-refractivity contribution in [3.63, 3.8) is 0 Å². The second kappa shape index (κ2) is 6.88. The molecule has 0 bridgehead atoms. The predicted octanol–water partition coefficient (Wildman–Crippen LogP) is 2.94. The van der Waals surface area contributed by atoms with Gasteiger partial charge in [-0.05, 0) is 36.1 Å². The molecule has 6 heteroatoms. The first-order valence-corrected chi connectivity index (χ1v) is 8.03. The zero-order valence-electron chi connectivity index (χ0n) is 14.2. The number of hydrogen-bond donors (Lipinski definition) is 2. The van der Waals surface area contributed by atoms with E-state index in [0.29, 0.717) is 18.2 Å². The zero-order chi connectivity index (χ0) is 17.1. The second-order valence-corrected chi connectivity index (χ2v) is 6.26. The monoisotopic (exact) mass is 326 g/mol. The van der Waals surface area contributed by atoms with Gasteiger partial charge in [0.1, 0.15) is 11.5 Å². The third-order valence-corrected chi connectivity index (χ3v) is 3.83. The Kier molecular flexibility index (Phi) is 4.66. The molecule has 0 radical (unpaired) electrons. The minimum atomic E-state index is -0.151. The minimum absolute atomic E-state index is 0.151. The lowest BCUT2D eigenvalue weighted by molar-refractivity contribution is 0.270. The van der Waals surface area contributed by atoms with Gasteiger partial charge in [0.2, 0.25) is 0 Å². The van der Waals surface area contributed by atoms with Gasteiger partial charge < -0.3 is 9.55 Å². The molecule has 1 aromatic carbocycles. The maximum Gasteiger partial charge on any atom is 0.276 e. The molecule has 2 aromatic heterocycles. The van der Waals surface area contributed by atoms with Crippen molar-refractivity contribution in [3.05, 3.63) is 58.3 Å². The molecule has 0 spiro atoms. The summed E-state index contributed by atoms with van der Waals surface area (Å²) < 4.78 is 1.60. The van der Waals surface area contributed by atoms with E-state index in [1.54, 1.807) is 22.9 Å². The third kappa shape index (κ3) is 3.33. The van der Waals surface area contributed by atoms with Crippen LogP contribution in [-0.2, 0) is 17.8 Å². The summed E-state index contributed by atoms with van der Waals surface area (Å²) in [5.74, 6) is 1.33. The molecule has 0 atom stereocenters. The van der Waals surface area contributed by atoms with Crippen molar-refractivity contribution in [2.75, 3.05) is 12.6 Å². The Labute approximate surface area is 140 Å². The maximum atomic E-state index is 12.4. The van der Waals surface area contributed by atoms with Crippen LogP contribution in [0.1, 0.15) is 25.2 Å². The summed E-state index contributed by atoms with van der Waals surface area (Å²) >= 11 is 0. The van der Waals surface area contributed by atoms with Gasteiger partial charge in [-0.3, -0.25) is 15.1 Å². The van der Waals surface area contributed by atoms with Crippen molar-refractivity contribution in [2.45, 2.75) is 26.8 Å². The SMILES string of the molecule is CONc1cccn(Cc2nc3c(CC(C)C)cccc3[nH]2)c1=O. The molecule has 3 rings (SSSR count). The van der Waals surface area contributed by atoms with Crippen LogP contribution in [0.3, 0.4) is 0 Å². The number of pyridine rings is 1. The van der Waals surface area contributed by atoms with Gasteiger partial charge in [0.05, 0.1) is 24.7 Å². The number of benzene rings is 1. The molecule has 0 amide bonds. The van der Waals surface area contributed by atoms with Crippen LogP contribution in [0.4, 0.5) is 5.69 Å². The molecule has 0 unspecified atom stereocenters. The maximum absolute atomic E-state index is 12.4. The molecule has 126 valence electrons. The first-order chi connectivity index (χ1) is 11.6. The van der Waals surface area contributed by atoms with E-state index in [9.17, 15) is 4.79 Å². The lowest BCUT2D eigenvalue weighted by Crippen LogP contribution is -2.23. The van der Waals surface area contributed by atoms with E-state index in [-0.39, 0.29) is 5.56 Å². The molecule has 2 heterocycles. The zero-order valence-corrected chi connectivity index (χ0v) is 14.2. The molecule has 2 N–H and O–H groups in total. The molecule has 24 heavy (non-hydrogen) atoms. The van der Waals surface area contributed by atoms with Gasteiger partial charge in [-0.25, -0.2) is 4.98 Å². The van der Waals surface area contributed by atoms with Crippen LogP contribution in [-0.4, -0.2) is 21.6 Å². The summed E-state index contributed by atoms with van der Waals surface area (Å²) in [5, 5.41) is 0. The Balaban J connectivity index is 1.94. The number of nitrogens with one attached hydrogen (secondary N) is 2. The number of H-pyrrole nitrogens is 1. The Hall–Kier alpha value is -2.60. The molecule has 0 aliphatic rings. The van der Waals surface area contributed by atoms with Crippen molar-refractivity contribution in [1.29, 1.82) is 0 Å². The standard InChI is InChI=1S/C18H22N4O2/c1-12(2)10-13-6-4-7-14-17(13)20-16(19-14)11-22-9-5-8-15(18(22)23)21-24-3/h4-9,12,21H,10-11H2,1-3H3,(H,19,20). The van der Waals surface area contributed by atoms with E-state index in [0.717, 1.165) is 23.3 Å². The van der Waals surface area contributed by atoms with Gasteiger partial charge in [-0.1, -0.05) is 26.0 Å². The Bertz CT molecular complexity index is 895. The first-order valence-electron chi connectivity index (χ1n) is 8.03. The predicted molar refractivity (Wildman–Crippen MR) is 95.1 cm³/mol. The van der Waals surface area contributed by atoms with Crippen molar-refractivity contribution in [2.24, 2.45) is 5.92 Å². The van der Waals surface area contributed by atoms with Crippen LogP contribution in [0.15, 0.2) is 41.3 Å². The molecule has 0 aliphatic heterocycles. The summed E-state index contributed by atoms with van der Waals surface area (Å²) in [6, 6.07) is 9.65. The number of rotatable bonds is 6. The Morgan fingerprint density at radius 1 is 1.29 bits per heavy atom. The average Bonchev–Trinajstić information content (AvgIpc) is 2.95. The molecule has 0 fully saturated rings. The molecule has 0 aliphatic carbocycles. The number of hydrogen-bond acceptors (Lipinski definition) is 4. The van der Waals surface area contributed by atoms with Crippen LogP contribution in [0.25, 0.3) is 11.0 Å². The number of fused-ring (bicyclic) bond motifs is 1. The van der Waals surface area contributed by atoms with Crippen LogP contribution in [0.2, 0.25) is 0 Å². The number of anilines is 1. The molecule has 0 saturated heterocycles. The van der Waals surface area contributed by atoms with Crippen LogP contribution in [0.5, 0.6) is 0 Å². The number of imidazole rings is 1. The summed E-state index contributed by atoms with van der Waals surface area (Å²) in [6.45, 7) is 4.77. The fourth-order valence-corrected chi connectivity index (χ4v) is 2.83. The van der Waals surface area contributed by atoms with Crippen molar-refractivity contribution >= 4 is 16.7 Å². The highest BCUT2D eigenvalue weighted by Gasteiger charge is 2.10. The topological polar surface area (TPSA) is 71.9 Å². The first kappa shape index (κ1) is 16.3. The van der Waals surface area contributed by atoms with Crippen LogP contribution < -0.4 is 11.0 Å². The fraction of sp³-hybridized carbons (Fsp3) is 0.333. The third-order valence-electron chi connectivity index (χ3n) is 3.83. The molecule has 3 aromatic rings. The van der Waals surface area contributed by atoms with Crippen LogP contribution in [0, 0.1) is 5.92 Å². The van der Waals surface area contributed by atoms with Crippen LogP contribution >= 0.6 is 0 Å². The van der Waals surface area contributed by atoms with Gasteiger partial charge in [0.15, 0.2) is 0 Å². The van der Waals surface area contributed by atoms with Gasteiger partial charge in [-0.15, -0.1) is 0 Å². The van der Waals surface area contributed by atoms with E-state index in [4.69, 9.17) is 9.82 Å². The lowest BCUT2D eigenvalue weighted by atomic mass is 10.0. The van der Waals surface area contributed by atoms with Gasteiger partial charge in [0, 0.05) is 6.20 Å². The highest BCUT2D eigenvalue weighted by molar-refractivity contribution is 5.78. The average molecular weight is 326 g/mol. The van der Waals surface area contributed by atoms with E-state index in [2.05, 4.69) is 30.4 Å². The summed E-state index contributed by atoms with van der Waals surface area (Å²) in [7, 11) is 1.48. The fourth-order valence-electron chi connectivity index (χ4n) is 2.83. The van der Waals surface area contributed by atoms with E-state index in [1.165, 1.54) is 12.7 Å². The second-order valence-electron chi connectivity index (χ2n) is 6.26. The van der Waals surface area contributed by atoms with E-state index >= 15 is 0 Å². The quantitative estimate of drug-likeness (QED) is 0.683.